The van der Waals surface area contributed by atoms with Gasteiger partial charge in [0, 0.05) is 10.5 Å². The number of benzene rings is 1. The lowest BCUT2D eigenvalue weighted by atomic mass is 9.80. The molecule has 0 saturated carbocycles. The second kappa shape index (κ2) is 5.09. The molecule has 3 heteroatoms. The third kappa shape index (κ3) is 2.90. The molecular formula is C14H20BrNO. The van der Waals surface area contributed by atoms with Crippen LogP contribution in [0.2, 0.25) is 0 Å². The van der Waals surface area contributed by atoms with E-state index in [1.807, 2.05) is 31.2 Å². The Hall–Kier alpha value is -0.380. The lowest BCUT2D eigenvalue weighted by molar-refractivity contribution is -0.00141. The van der Waals surface area contributed by atoms with Crippen LogP contribution >= 0.6 is 15.9 Å². The molecule has 0 aromatic heterocycles. The van der Waals surface area contributed by atoms with E-state index in [4.69, 9.17) is 0 Å². The molecule has 17 heavy (non-hydrogen) atoms. The Labute approximate surface area is 112 Å². The standard InChI is InChI=1S/C14H20BrNO/c1-10-7-8-16-13(9-10)14(2,17)11-3-5-12(15)6-4-11/h3-6,10,13,16-17H,7-9H2,1-2H3. The van der Waals surface area contributed by atoms with Crippen molar-refractivity contribution in [1.82, 2.24) is 5.32 Å². The molecule has 3 unspecified atom stereocenters. The van der Waals surface area contributed by atoms with Crippen LogP contribution in [0.3, 0.4) is 0 Å². The topological polar surface area (TPSA) is 32.3 Å². The van der Waals surface area contributed by atoms with Gasteiger partial charge in [-0.1, -0.05) is 35.0 Å². The molecule has 2 N–H and O–H groups in total. The van der Waals surface area contributed by atoms with Crippen LogP contribution in [0, 0.1) is 5.92 Å². The highest BCUT2D eigenvalue weighted by Gasteiger charge is 2.35. The molecule has 1 fully saturated rings. The molecule has 0 bridgehead atoms. The normalized spacial score (nSPS) is 28.7. The predicted molar refractivity (Wildman–Crippen MR) is 73.9 cm³/mol. The first-order chi connectivity index (χ1) is 8.00. The van der Waals surface area contributed by atoms with Gasteiger partial charge in [0.05, 0.1) is 0 Å². The van der Waals surface area contributed by atoms with Gasteiger partial charge in [-0.15, -0.1) is 0 Å². The quantitative estimate of drug-likeness (QED) is 0.879. The van der Waals surface area contributed by atoms with Crippen molar-refractivity contribution in [2.75, 3.05) is 6.54 Å². The minimum absolute atomic E-state index is 0.146. The van der Waals surface area contributed by atoms with Crippen molar-refractivity contribution in [3.63, 3.8) is 0 Å². The van der Waals surface area contributed by atoms with Crippen LogP contribution in [0.1, 0.15) is 32.3 Å². The Balaban J connectivity index is 2.19. The molecule has 94 valence electrons. The van der Waals surface area contributed by atoms with E-state index in [2.05, 4.69) is 28.2 Å². The molecule has 1 aromatic carbocycles. The Bertz CT molecular complexity index is 374. The number of hydrogen-bond acceptors (Lipinski definition) is 2. The third-order valence-electron chi connectivity index (χ3n) is 3.77. The molecule has 0 aliphatic carbocycles. The Kier molecular flexibility index (Phi) is 3.91. The van der Waals surface area contributed by atoms with Gasteiger partial charge in [-0.25, -0.2) is 0 Å². The molecule has 2 rings (SSSR count). The van der Waals surface area contributed by atoms with Gasteiger partial charge in [0.25, 0.3) is 0 Å². The van der Waals surface area contributed by atoms with Crippen LogP contribution < -0.4 is 5.32 Å². The summed E-state index contributed by atoms with van der Waals surface area (Å²) >= 11 is 3.42. The molecule has 1 aliphatic heterocycles. The Morgan fingerprint density at radius 3 is 2.59 bits per heavy atom. The fraction of sp³-hybridized carbons (Fsp3) is 0.571. The van der Waals surface area contributed by atoms with Crippen LogP contribution in [0.15, 0.2) is 28.7 Å². The summed E-state index contributed by atoms with van der Waals surface area (Å²) in [6, 6.07) is 8.09. The highest BCUT2D eigenvalue weighted by molar-refractivity contribution is 9.10. The highest BCUT2D eigenvalue weighted by Crippen LogP contribution is 2.31. The van der Waals surface area contributed by atoms with Gasteiger partial charge in [0.2, 0.25) is 0 Å². The van der Waals surface area contributed by atoms with Crippen molar-refractivity contribution in [1.29, 1.82) is 0 Å². The second-order valence-corrected chi connectivity index (χ2v) is 6.21. The summed E-state index contributed by atoms with van der Waals surface area (Å²) in [6.07, 6.45) is 2.23. The molecule has 1 aromatic rings. The number of aliphatic hydroxyl groups is 1. The molecule has 0 spiro atoms. The van der Waals surface area contributed by atoms with Crippen molar-refractivity contribution in [2.24, 2.45) is 5.92 Å². The SMILES string of the molecule is CC1CCNC(C(C)(O)c2ccc(Br)cc2)C1. The number of hydrogen-bond donors (Lipinski definition) is 2. The predicted octanol–water partition coefficient (Wildman–Crippen LogP) is 3.04. The fourth-order valence-corrected chi connectivity index (χ4v) is 2.79. The van der Waals surface area contributed by atoms with Crippen molar-refractivity contribution in [2.45, 2.75) is 38.3 Å². The molecule has 1 saturated heterocycles. The zero-order chi connectivity index (χ0) is 12.5. The summed E-state index contributed by atoms with van der Waals surface area (Å²) in [4.78, 5) is 0. The number of nitrogens with one attached hydrogen (secondary N) is 1. The van der Waals surface area contributed by atoms with Crippen LogP contribution in [0.5, 0.6) is 0 Å². The second-order valence-electron chi connectivity index (χ2n) is 5.29. The molecule has 0 amide bonds. The van der Waals surface area contributed by atoms with Crippen molar-refractivity contribution < 1.29 is 5.11 Å². The van der Waals surface area contributed by atoms with E-state index in [1.165, 1.54) is 6.42 Å². The van der Waals surface area contributed by atoms with E-state index in [0.29, 0.717) is 5.92 Å². The number of piperidine rings is 1. The van der Waals surface area contributed by atoms with Crippen LogP contribution in [-0.4, -0.2) is 17.7 Å². The van der Waals surface area contributed by atoms with Crippen LogP contribution in [-0.2, 0) is 5.60 Å². The lowest BCUT2D eigenvalue weighted by Crippen LogP contribution is -2.50. The number of halogens is 1. The van der Waals surface area contributed by atoms with Gasteiger partial charge < -0.3 is 10.4 Å². The summed E-state index contributed by atoms with van der Waals surface area (Å²) in [5.41, 5.74) is 0.183. The van der Waals surface area contributed by atoms with E-state index < -0.39 is 5.60 Å². The van der Waals surface area contributed by atoms with Crippen molar-refractivity contribution in [3.8, 4) is 0 Å². The smallest absolute Gasteiger partial charge is 0.102 e. The fourth-order valence-electron chi connectivity index (χ4n) is 2.52. The van der Waals surface area contributed by atoms with Crippen LogP contribution in [0.4, 0.5) is 0 Å². The molecule has 3 atom stereocenters. The summed E-state index contributed by atoms with van der Waals surface area (Å²) in [5, 5.41) is 14.2. The molecule has 0 radical (unpaired) electrons. The van der Waals surface area contributed by atoms with Gasteiger partial charge >= 0.3 is 0 Å². The minimum atomic E-state index is -0.796. The Morgan fingerprint density at radius 2 is 2.00 bits per heavy atom. The average Bonchev–Trinajstić information content (AvgIpc) is 2.29. The first-order valence-electron chi connectivity index (χ1n) is 6.22. The monoisotopic (exact) mass is 297 g/mol. The van der Waals surface area contributed by atoms with E-state index in [-0.39, 0.29) is 6.04 Å². The summed E-state index contributed by atoms with van der Waals surface area (Å²) in [7, 11) is 0. The lowest BCUT2D eigenvalue weighted by Gasteiger charge is -2.39. The van der Waals surface area contributed by atoms with Crippen LogP contribution in [0.25, 0.3) is 0 Å². The first-order valence-corrected chi connectivity index (χ1v) is 7.01. The Morgan fingerprint density at radius 1 is 1.35 bits per heavy atom. The van der Waals surface area contributed by atoms with Crippen molar-refractivity contribution in [3.05, 3.63) is 34.3 Å². The van der Waals surface area contributed by atoms with E-state index in [1.54, 1.807) is 0 Å². The van der Waals surface area contributed by atoms with Gasteiger partial charge in [0.1, 0.15) is 5.60 Å². The molecule has 1 heterocycles. The van der Waals surface area contributed by atoms with Crippen molar-refractivity contribution >= 4 is 15.9 Å². The summed E-state index contributed by atoms with van der Waals surface area (Å²) in [5.74, 6) is 0.683. The maximum atomic E-state index is 10.7. The zero-order valence-electron chi connectivity index (χ0n) is 10.4. The van der Waals surface area contributed by atoms with Gasteiger partial charge in [0.15, 0.2) is 0 Å². The largest absolute Gasteiger partial charge is 0.384 e. The summed E-state index contributed by atoms with van der Waals surface area (Å²) < 4.78 is 1.04. The maximum Gasteiger partial charge on any atom is 0.102 e. The van der Waals surface area contributed by atoms with E-state index in [0.717, 1.165) is 23.0 Å². The third-order valence-corrected chi connectivity index (χ3v) is 4.30. The van der Waals surface area contributed by atoms with E-state index in [9.17, 15) is 5.11 Å². The summed E-state index contributed by atoms with van der Waals surface area (Å²) in [6.45, 7) is 5.16. The maximum absolute atomic E-state index is 10.7. The van der Waals surface area contributed by atoms with Gasteiger partial charge in [-0.3, -0.25) is 0 Å². The van der Waals surface area contributed by atoms with Gasteiger partial charge in [-0.05, 0) is 49.9 Å². The van der Waals surface area contributed by atoms with E-state index >= 15 is 0 Å². The molecule has 1 aliphatic rings. The van der Waals surface area contributed by atoms with Gasteiger partial charge in [-0.2, -0.15) is 0 Å². The average molecular weight is 298 g/mol. The minimum Gasteiger partial charge on any atom is -0.384 e. The first kappa shape index (κ1) is 13.1. The molecular weight excluding hydrogens is 278 g/mol. The molecule has 2 nitrogen and oxygen atoms in total. The highest BCUT2D eigenvalue weighted by atomic mass is 79.9. The number of rotatable bonds is 2. The zero-order valence-corrected chi connectivity index (χ0v) is 12.0.